The summed E-state index contributed by atoms with van der Waals surface area (Å²) in [6.45, 7) is 0. The molecule has 3 rings (SSSR count). The van der Waals surface area contributed by atoms with E-state index in [4.69, 9.17) is 0 Å². The van der Waals surface area contributed by atoms with Crippen LogP contribution in [0.25, 0.3) is 0 Å². The molecule has 8 nitrogen and oxygen atoms in total. The number of nitriles is 1. The lowest BCUT2D eigenvalue weighted by Crippen LogP contribution is -2.33. The van der Waals surface area contributed by atoms with Crippen molar-refractivity contribution in [1.82, 2.24) is 5.32 Å². The number of alkyl halides is 3. The van der Waals surface area contributed by atoms with Crippen LogP contribution in [0.4, 0.5) is 13.2 Å². The fourth-order valence-corrected chi connectivity index (χ4v) is 3.97. The predicted molar refractivity (Wildman–Crippen MR) is 104 cm³/mol. The van der Waals surface area contributed by atoms with Crippen molar-refractivity contribution in [3.8, 4) is 6.07 Å². The van der Waals surface area contributed by atoms with Gasteiger partial charge >= 0.3 is 15.6 Å². The van der Waals surface area contributed by atoms with Gasteiger partial charge in [-0.3, -0.25) is 0 Å². The predicted octanol–water partition coefficient (Wildman–Crippen LogP) is 3.53. The first-order chi connectivity index (χ1) is 14.5. The van der Waals surface area contributed by atoms with Gasteiger partial charge in [-0.05, 0) is 42.6 Å². The van der Waals surface area contributed by atoms with Gasteiger partial charge in [-0.15, -0.1) is 0 Å². The molecule has 0 amide bonds. The molecule has 0 aromatic carbocycles. The molecule has 1 saturated carbocycles. The van der Waals surface area contributed by atoms with E-state index in [-0.39, 0.29) is 17.2 Å². The molecule has 1 heterocycles. The Kier molecular flexibility index (Phi) is 6.17. The van der Waals surface area contributed by atoms with Gasteiger partial charge in [0, 0.05) is 23.4 Å². The number of halogens is 3. The standard InChI is InChI=1S/C19H17F3N3O5S/c20-19(21,22)31(28,29)30-18-16(11-23)15(12-6-8-14(9-7-12)25(26)27)10-17(24-18)13-4-2-1-3-5-13/h6-10,13,24H,1-5H2/q-1. The van der Waals surface area contributed by atoms with E-state index in [1.807, 2.05) is 0 Å². The molecule has 0 unspecified atom stereocenters. The van der Waals surface area contributed by atoms with Crippen LogP contribution in [-0.2, 0) is 14.3 Å². The molecule has 0 radical (unpaired) electrons. The van der Waals surface area contributed by atoms with Gasteiger partial charge in [0.1, 0.15) is 11.6 Å². The van der Waals surface area contributed by atoms with Crippen molar-refractivity contribution in [2.45, 2.75) is 37.6 Å². The van der Waals surface area contributed by atoms with Crippen LogP contribution in [0.3, 0.4) is 0 Å². The van der Waals surface area contributed by atoms with Crippen molar-refractivity contribution >= 4 is 15.8 Å². The molecule has 1 fully saturated rings. The van der Waals surface area contributed by atoms with Crippen molar-refractivity contribution in [3.63, 3.8) is 0 Å². The Hall–Kier alpha value is -3.20. The van der Waals surface area contributed by atoms with Gasteiger partial charge in [0.2, 0.25) is 11.6 Å². The number of nitrogens with one attached hydrogen (secondary N) is 1. The molecule has 0 saturated heterocycles. The highest BCUT2D eigenvalue weighted by atomic mass is 32.2. The van der Waals surface area contributed by atoms with Gasteiger partial charge in [0.05, 0.1) is 0 Å². The van der Waals surface area contributed by atoms with Crippen LogP contribution in [0.15, 0.2) is 58.7 Å². The lowest BCUT2D eigenvalue weighted by molar-refractivity contribution is -0.377. The van der Waals surface area contributed by atoms with E-state index in [9.17, 15) is 37.3 Å². The first-order valence-electron chi connectivity index (χ1n) is 9.29. The fourth-order valence-electron chi connectivity index (χ4n) is 3.53. The van der Waals surface area contributed by atoms with E-state index < -0.39 is 32.0 Å². The Labute approximate surface area is 176 Å². The van der Waals surface area contributed by atoms with Crippen LogP contribution in [0.2, 0.25) is 0 Å². The molecule has 0 bridgehead atoms. The summed E-state index contributed by atoms with van der Waals surface area (Å²) in [5.41, 5.74) is -5.51. The Morgan fingerprint density at radius 2 is 1.74 bits per heavy atom. The first kappa shape index (κ1) is 22.5. The van der Waals surface area contributed by atoms with E-state index in [1.54, 1.807) is 12.1 Å². The third kappa shape index (κ3) is 4.77. The largest absolute Gasteiger partial charge is 0.612 e. The maximum absolute atomic E-state index is 12.9. The zero-order valence-electron chi connectivity index (χ0n) is 16.0. The van der Waals surface area contributed by atoms with Gasteiger partial charge in [0.15, 0.2) is 0 Å². The van der Waals surface area contributed by atoms with E-state index in [0.717, 1.165) is 32.1 Å². The minimum Gasteiger partial charge on any atom is -0.612 e. The van der Waals surface area contributed by atoms with Crippen molar-refractivity contribution < 1.29 is 30.7 Å². The first-order valence-corrected chi connectivity index (χ1v) is 10.7. The molecule has 3 aliphatic rings. The summed E-state index contributed by atoms with van der Waals surface area (Å²) in [7, 11) is -6.02. The zero-order chi connectivity index (χ0) is 22.8. The van der Waals surface area contributed by atoms with Gasteiger partial charge < -0.3 is 19.9 Å². The van der Waals surface area contributed by atoms with Crippen molar-refractivity contribution in [1.29, 1.82) is 5.26 Å². The number of dihydropyridines is 1. The molecule has 0 aromatic rings. The number of hydrogen-bond acceptors (Lipinski definition) is 7. The Morgan fingerprint density at radius 3 is 2.26 bits per heavy atom. The molecule has 2 aliphatic carbocycles. The lowest BCUT2D eigenvalue weighted by Gasteiger charge is -2.30. The van der Waals surface area contributed by atoms with Crippen LogP contribution in [0.5, 0.6) is 0 Å². The summed E-state index contributed by atoms with van der Waals surface area (Å²) in [5, 5.41) is 33.9. The smallest absolute Gasteiger partial charge is 0.534 e. The third-order valence-corrected chi connectivity index (χ3v) is 6.03. The van der Waals surface area contributed by atoms with Gasteiger partial charge in [0.25, 0.3) is 0 Å². The normalized spacial score (nSPS) is 20.3. The molecule has 12 heteroatoms. The van der Waals surface area contributed by atoms with Crippen molar-refractivity contribution in [3.05, 3.63) is 69.1 Å². The van der Waals surface area contributed by atoms with Gasteiger partial charge in [-0.2, -0.15) is 31.8 Å². The molecule has 1 N–H and O–H groups in total. The maximum atomic E-state index is 12.9. The molecular formula is C19H17F3N3O5S-. The fraction of sp³-hybridized carbons (Fsp3) is 0.368. The third-order valence-electron chi connectivity index (χ3n) is 5.08. The van der Waals surface area contributed by atoms with Crippen LogP contribution in [0, 0.1) is 27.7 Å². The molecule has 31 heavy (non-hydrogen) atoms. The highest BCUT2D eigenvalue weighted by Crippen LogP contribution is 2.37. The highest BCUT2D eigenvalue weighted by molar-refractivity contribution is 7.87. The monoisotopic (exact) mass is 456 g/mol. The summed E-state index contributed by atoms with van der Waals surface area (Å²) < 4.78 is 66.1. The SMILES string of the molecule is N#CC1=C(OS(=O)(=O)C(F)(F)F)NC(C2CCCCC2)=CC1=C1C=CC(=[N+]([O-])[O-])C=C1. The molecule has 166 valence electrons. The van der Waals surface area contributed by atoms with E-state index in [2.05, 4.69) is 9.50 Å². The van der Waals surface area contributed by atoms with Crippen LogP contribution in [0.1, 0.15) is 32.1 Å². The topological polar surface area (TPSA) is 128 Å². The van der Waals surface area contributed by atoms with E-state index >= 15 is 0 Å². The minimum absolute atomic E-state index is 0.0887. The zero-order valence-corrected chi connectivity index (χ0v) is 16.8. The molecule has 0 spiro atoms. The second-order valence-electron chi connectivity index (χ2n) is 7.08. The molecule has 1 aliphatic heterocycles. The summed E-state index contributed by atoms with van der Waals surface area (Å²) in [5.74, 6) is -0.925. The van der Waals surface area contributed by atoms with E-state index in [1.165, 1.54) is 24.3 Å². The number of rotatable bonds is 3. The van der Waals surface area contributed by atoms with Gasteiger partial charge in [-0.25, -0.2) is 0 Å². The van der Waals surface area contributed by atoms with Gasteiger partial charge in [-0.1, -0.05) is 19.3 Å². The minimum atomic E-state index is -6.02. The number of allylic oxidation sites excluding steroid dienone is 9. The molecular weight excluding hydrogens is 439 g/mol. The summed E-state index contributed by atoms with van der Waals surface area (Å²) in [4.78, 5) is -0.619. The van der Waals surface area contributed by atoms with Crippen molar-refractivity contribution in [2.75, 3.05) is 0 Å². The summed E-state index contributed by atoms with van der Waals surface area (Å²) in [6, 6.07) is 1.68. The quantitative estimate of drug-likeness (QED) is 0.298. The highest BCUT2D eigenvalue weighted by Gasteiger charge is 2.49. The average Bonchev–Trinajstić information content (AvgIpc) is 2.73. The lowest BCUT2D eigenvalue weighted by atomic mass is 9.84. The Morgan fingerprint density at radius 1 is 1.13 bits per heavy atom. The van der Waals surface area contributed by atoms with Crippen LogP contribution in [-0.4, -0.2) is 24.5 Å². The van der Waals surface area contributed by atoms with E-state index in [0.29, 0.717) is 11.3 Å². The number of hydrogen-bond donors (Lipinski definition) is 1. The second kappa shape index (κ2) is 8.50. The van der Waals surface area contributed by atoms with Crippen LogP contribution < -0.4 is 5.32 Å². The van der Waals surface area contributed by atoms with Crippen LogP contribution >= 0.6 is 0 Å². The molecule has 0 atom stereocenters. The Balaban J connectivity index is 2.12. The Bertz CT molecular complexity index is 1080. The molecule has 0 aromatic heterocycles. The average molecular weight is 456 g/mol. The number of nitrogens with zero attached hydrogens (tertiary/aromatic N) is 2. The van der Waals surface area contributed by atoms with Crippen molar-refractivity contribution in [2.24, 2.45) is 5.92 Å². The maximum Gasteiger partial charge on any atom is 0.534 e. The summed E-state index contributed by atoms with van der Waals surface area (Å²) >= 11 is 0. The second-order valence-corrected chi connectivity index (χ2v) is 8.61. The summed E-state index contributed by atoms with van der Waals surface area (Å²) in [6.07, 6.45) is 10.8.